The summed E-state index contributed by atoms with van der Waals surface area (Å²) in [6, 6.07) is 5.42. The first-order valence-electron chi connectivity index (χ1n) is 5.31. The van der Waals surface area contributed by atoms with Crippen molar-refractivity contribution in [2.45, 2.75) is 6.92 Å². The van der Waals surface area contributed by atoms with Crippen LogP contribution >= 0.6 is 11.6 Å². The topological polar surface area (TPSA) is 29.5 Å². The molecule has 0 N–H and O–H groups in total. The summed E-state index contributed by atoms with van der Waals surface area (Å²) in [6.07, 6.45) is 0. The van der Waals surface area contributed by atoms with E-state index in [1.165, 1.54) is 0 Å². The molecule has 0 saturated carbocycles. The molecule has 4 heteroatoms. The van der Waals surface area contributed by atoms with Crippen LogP contribution in [0.2, 0.25) is 5.02 Å². The predicted molar refractivity (Wildman–Crippen MR) is 62.9 cm³/mol. The zero-order valence-corrected chi connectivity index (χ0v) is 9.96. The number of hydrogen-bond donors (Lipinski definition) is 0. The molecule has 1 aliphatic rings. The van der Waals surface area contributed by atoms with Crippen molar-refractivity contribution in [1.29, 1.82) is 0 Å². The minimum Gasteiger partial charge on any atom is -0.378 e. The van der Waals surface area contributed by atoms with E-state index in [1.807, 2.05) is 19.1 Å². The van der Waals surface area contributed by atoms with Gasteiger partial charge in [-0.15, -0.1) is 0 Å². The van der Waals surface area contributed by atoms with Crippen LogP contribution in [0.3, 0.4) is 0 Å². The van der Waals surface area contributed by atoms with Crippen molar-refractivity contribution >= 4 is 17.5 Å². The van der Waals surface area contributed by atoms with Crippen LogP contribution in [0.5, 0.6) is 0 Å². The highest BCUT2D eigenvalue weighted by atomic mass is 35.5. The molecule has 0 spiro atoms. The zero-order valence-electron chi connectivity index (χ0n) is 9.20. The second-order valence-corrected chi connectivity index (χ2v) is 4.36. The van der Waals surface area contributed by atoms with Gasteiger partial charge in [0.1, 0.15) is 0 Å². The monoisotopic (exact) mass is 239 g/mol. The number of carbonyl (C=O) groups excluding carboxylic acids is 1. The Morgan fingerprint density at radius 1 is 1.31 bits per heavy atom. The van der Waals surface area contributed by atoms with Crippen molar-refractivity contribution in [1.82, 2.24) is 4.90 Å². The molecule has 1 heterocycles. The maximum absolute atomic E-state index is 12.1. The van der Waals surface area contributed by atoms with Crippen LogP contribution in [0.15, 0.2) is 18.2 Å². The fourth-order valence-corrected chi connectivity index (χ4v) is 2.10. The van der Waals surface area contributed by atoms with E-state index in [4.69, 9.17) is 16.3 Å². The molecule has 0 aliphatic carbocycles. The molecule has 0 radical (unpaired) electrons. The highest BCUT2D eigenvalue weighted by molar-refractivity contribution is 6.31. The first-order chi connectivity index (χ1) is 7.66. The molecular weight excluding hydrogens is 226 g/mol. The van der Waals surface area contributed by atoms with E-state index in [1.54, 1.807) is 11.0 Å². The van der Waals surface area contributed by atoms with Crippen LogP contribution < -0.4 is 0 Å². The lowest BCUT2D eigenvalue weighted by Crippen LogP contribution is -2.40. The smallest absolute Gasteiger partial charge is 0.254 e. The number of ether oxygens (including phenoxy) is 1. The Morgan fingerprint density at radius 2 is 2.00 bits per heavy atom. The van der Waals surface area contributed by atoms with E-state index in [-0.39, 0.29) is 5.91 Å². The molecule has 1 saturated heterocycles. The van der Waals surface area contributed by atoms with E-state index in [0.717, 1.165) is 5.56 Å². The van der Waals surface area contributed by atoms with Crippen LogP contribution in [0.25, 0.3) is 0 Å². The summed E-state index contributed by atoms with van der Waals surface area (Å²) in [5.74, 6) is 0.0360. The SMILES string of the molecule is Cc1cc(Cl)cc(C(=O)N2CCOCC2)c1. The number of benzene rings is 1. The fraction of sp³-hybridized carbons (Fsp3) is 0.417. The van der Waals surface area contributed by atoms with E-state index in [0.29, 0.717) is 36.9 Å². The number of aryl methyl sites for hydroxylation is 1. The summed E-state index contributed by atoms with van der Waals surface area (Å²) in [4.78, 5) is 13.9. The third-order valence-electron chi connectivity index (χ3n) is 2.59. The molecule has 3 nitrogen and oxygen atoms in total. The van der Waals surface area contributed by atoms with Crippen molar-refractivity contribution in [3.05, 3.63) is 34.3 Å². The van der Waals surface area contributed by atoms with Crippen LogP contribution in [0.1, 0.15) is 15.9 Å². The normalized spacial score (nSPS) is 16.2. The van der Waals surface area contributed by atoms with E-state index < -0.39 is 0 Å². The van der Waals surface area contributed by atoms with Crippen molar-refractivity contribution < 1.29 is 9.53 Å². The van der Waals surface area contributed by atoms with Gasteiger partial charge in [-0.3, -0.25) is 4.79 Å². The number of halogens is 1. The third kappa shape index (κ3) is 2.54. The molecule has 1 amide bonds. The maximum atomic E-state index is 12.1. The summed E-state index contributed by atoms with van der Waals surface area (Å²) in [7, 11) is 0. The Morgan fingerprint density at radius 3 is 2.62 bits per heavy atom. The van der Waals surface area contributed by atoms with Gasteiger partial charge < -0.3 is 9.64 Å². The molecule has 1 aromatic rings. The standard InChI is InChI=1S/C12H14ClNO2/c1-9-6-10(8-11(13)7-9)12(15)14-2-4-16-5-3-14/h6-8H,2-5H2,1H3. The van der Waals surface area contributed by atoms with Gasteiger partial charge in [0.2, 0.25) is 0 Å². The van der Waals surface area contributed by atoms with Gasteiger partial charge in [0, 0.05) is 23.7 Å². The fourth-order valence-electron chi connectivity index (χ4n) is 1.81. The third-order valence-corrected chi connectivity index (χ3v) is 2.81. The molecule has 0 aromatic heterocycles. The lowest BCUT2D eigenvalue weighted by atomic mass is 10.1. The molecule has 16 heavy (non-hydrogen) atoms. The van der Waals surface area contributed by atoms with Gasteiger partial charge in [-0.25, -0.2) is 0 Å². The molecular formula is C12H14ClNO2. The van der Waals surface area contributed by atoms with Gasteiger partial charge in [0.15, 0.2) is 0 Å². The second kappa shape index (κ2) is 4.85. The zero-order chi connectivity index (χ0) is 11.5. The number of morpholine rings is 1. The highest BCUT2D eigenvalue weighted by Crippen LogP contribution is 2.16. The minimum absolute atomic E-state index is 0.0360. The lowest BCUT2D eigenvalue weighted by molar-refractivity contribution is 0.0303. The molecule has 0 bridgehead atoms. The van der Waals surface area contributed by atoms with Gasteiger partial charge in [0.25, 0.3) is 5.91 Å². The quantitative estimate of drug-likeness (QED) is 0.751. The predicted octanol–water partition coefficient (Wildman–Crippen LogP) is 2.12. The Hall–Kier alpha value is -1.06. The summed E-state index contributed by atoms with van der Waals surface area (Å²) in [5, 5.41) is 0.608. The average Bonchev–Trinajstić information content (AvgIpc) is 2.28. The maximum Gasteiger partial charge on any atom is 0.254 e. The average molecular weight is 240 g/mol. The Labute approximate surface area is 100.0 Å². The van der Waals surface area contributed by atoms with Crippen LogP contribution in [-0.4, -0.2) is 37.1 Å². The number of amides is 1. The van der Waals surface area contributed by atoms with Crippen molar-refractivity contribution in [3.63, 3.8) is 0 Å². The molecule has 0 atom stereocenters. The Kier molecular flexibility index (Phi) is 3.46. The van der Waals surface area contributed by atoms with E-state index >= 15 is 0 Å². The van der Waals surface area contributed by atoms with Crippen LogP contribution in [0, 0.1) is 6.92 Å². The lowest BCUT2D eigenvalue weighted by Gasteiger charge is -2.27. The minimum atomic E-state index is 0.0360. The Balaban J connectivity index is 2.19. The molecule has 86 valence electrons. The number of nitrogens with zero attached hydrogens (tertiary/aromatic N) is 1. The number of carbonyl (C=O) groups is 1. The van der Waals surface area contributed by atoms with E-state index in [9.17, 15) is 4.79 Å². The molecule has 2 rings (SSSR count). The van der Waals surface area contributed by atoms with Gasteiger partial charge in [-0.2, -0.15) is 0 Å². The van der Waals surface area contributed by atoms with Crippen LogP contribution in [0.4, 0.5) is 0 Å². The van der Waals surface area contributed by atoms with Crippen molar-refractivity contribution in [3.8, 4) is 0 Å². The first kappa shape index (κ1) is 11.4. The number of hydrogen-bond acceptors (Lipinski definition) is 2. The van der Waals surface area contributed by atoms with Crippen molar-refractivity contribution in [2.75, 3.05) is 26.3 Å². The molecule has 0 unspecified atom stereocenters. The van der Waals surface area contributed by atoms with Gasteiger partial charge in [0.05, 0.1) is 13.2 Å². The summed E-state index contributed by atoms with van der Waals surface area (Å²) >= 11 is 5.94. The molecule has 1 aliphatic heterocycles. The molecule has 1 aromatic carbocycles. The summed E-state index contributed by atoms with van der Waals surface area (Å²) in [6.45, 7) is 4.48. The summed E-state index contributed by atoms with van der Waals surface area (Å²) < 4.78 is 5.21. The molecule has 1 fully saturated rings. The first-order valence-corrected chi connectivity index (χ1v) is 5.69. The van der Waals surface area contributed by atoms with E-state index in [2.05, 4.69) is 0 Å². The van der Waals surface area contributed by atoms with Gasteiger partial charge in [-0.1, -0.05) is 11.6 Å². The van der Waals surface area contributed by atoms with Crippen molar-refractivity contribution in [2.24, 2.45) is 0 Å². The van der Waals surface area contributed by atoms with Gasteiger partial charge in [-0.05, 0) is 30.7 Å². The highest BCUT2D eigenvalue weighted by Gasteiger charge is 2.18. The second-order valence-electron chi connectivity index (χ2n) is 3.92. The van der Waals surface area contributed by atoms with Crippen LogP contribution in [-0.2, 0) is 4.74 Å². The summed E-state index contributed by atoms with van der Waals surface area (Å²) in [5.41, 5.74) is 1.66. The largest absolute Gasteiger partial charge is 0.378 e. The number of rotatable bonds is 1. The van der Waals surface area contributed by atoms with Gasteiger partial charge >= 0.3 is 0 Å². The Bertz CT molecular complexity index is 380.